The molecule has 3 aromatic rings. The predicted molar refractivity (Wildman–Crippen MR) is 121 cm³/mol. The lowest BCUT2D eigenvalue weighted by molar-refractivity contribution is -0.141. The highest BCUT2D eigenvalue weighted by Gasteiger charge is 2.29. The summed E-state index contributed by atoms with van der Waals surface area (Å²) in [5, 5.41) is 14.2. The molecule has 1 atom stereocenters. The third-order valence-electron chi connectivity index (χ3n) is 5.80. The number of amides is 2. The van der Waals surface area contributed by atoms with Gasteiger partial charge in [-0.2, -0.15) is 0 Å². The van der Waals surface area contributed by atoms with Crippen molar-refractivity contribution in [1.82, 2.24) is 5.32 Å². The summed E-state index contributed by atoms with van der Waals surface area (Å²) in [7, 11) is 0. The highest BCUT2D eigenvalue weighted by molar-refractivity contribution is 6.00. The van der Waals surface area contributed by atoms with Crippen LogP contribution >= 0.6 is 0 Å². The van der Waals surface area contributed by atoms with Crippen molar-refractivity contribution in [3.63, 3.8) is 0 Å². The average molecular weight is 448 g/mol. The molecule has 170 valence electrons. The summed E-state index contributed by atoms with van der Waals surface area (Å²) in [6, 6.07) is 17.5. The van der Waals surface area contributed by atoms with Gasteiger partial charge in [0.25, 0.3) is 5.91 Å². The minimum absolute atomic E-state index is 0.0459. The normalized spacial score (nSPS) is 13.0. The number of ether oxygens (including phenoxy) is 1. The van der Waals surface area contributed by atoms with Crippen LogP contribution in [0.2, 0.25) is 0 Å². The molecule has 3 N–H and O–H groups in total. The average Bonchev–Trinajstić information content (AvgIpc) is 3.40. The van der Waals surface area contributed by atoms with Crippen molar-refractivity contribution in [3.05, 3.63) is 77.7 Å². The van der Waals surface area contributed by atoms with E-state index in [1.54, 1.807) is 6.92 Å². The number of carbonyl (C=O) groups excluding carboxylic acids is 2. The molecule has 8 nitrogen and oxygen atoms in total. The van der Waals surface area contributed by atoms with Crippen LogP contribution < -0.4 is 10.6 Å². The van der Waals surface area contributed by atoms with Gasteiger partial charge in [0.15, 0.2) is 0 Å². The van der Waals surface area contributed by atoms with Crippen LogP contribution in [0.25, 0.3) is 11.1 Å². The van der Waals surface area contributed by atoms with Crippen LogP contribution in [0.3, 0.4) is 0 Å². The van der Waals surface area contributed by atoms with Crippen LogP contribution in [-0.2, 0) is 9.53 Å². The molecule has 0 spiro atoms. The van der Waals surface area contributed by atoms with Crippen LogP contribution in [0.1, 0.15) is 40.9 Å². The quantitative estimate of drug-likeness (QED) is 0.468. The first-order chi connectivity index (χ1) is 16.0. The Morgan fingerprint density at radius 1 is 1.03 bits per heavy atom. The van der Waals surface area contributed by atoms with Gasteiger partial charge < -0.3 is 19.6 Å². The Hall–Kier alpha value is -4.07. The Balaban J connectivity index is 1.39. The second-order valence-electron chi connectivity index (χ2n) is 7.77. The zero-order valence-electron chi connectivity index (χ0n) is 18.0. The fourth-order valence-corrected chi connectivity index (χ4v) is 4.03. The minimum atomic E-state index is -0.991. The summed E-state index contributed by atoms with van der Waals surface area (Å²) in [5.41, 5.74) is 4.59. The first-order valence-corrected chi connectivity index (χ1v) is 10.7. The molecule has 0 fully saturated rings. The molecule has 0 radical (unpaired) electrons. The lowest BCUT2D eigenvalue weighted by Crippen LogP contribution is -2.33. The van der Waals surface area contributed by atoms with Gasteiger partial charge in [0.05, 0.1) is 17.9 Å². The molecule has 0 saturated carbocycles. The van der Waals surface area contributed by atoms with E-state index in [0.29, 0.717) is 6.42 Å². The highest BCUT2D eigenvalue weighted by atomic mass is 16.5. The molecule has 4 rings (SSSR count). The summed E-state index contributed by atoms with van der Waals surface area (Å²) in [6.07, 6.45) is 0.922. The summed E-state index contributed by atoms with van der Waals surface area (Å²) < 4.78 is 10.7. The first kappa shape index (κ1) is 22.1. The maximum Gasteiger partial charge on any atom is 0.411 e. The second kappa shape index (κ2) is 9.60. The third kappa shape index (κ3) is 4.59. The number of rotatable bonds is 8. The molecule has 1 unspecified atom stereocenters. The number of hydrogen-bond acceptors (Lipinski definition) is 5. The van der Waals surface area contributed by atoms with E-state index in [2.05, 4.69) is 22.8 Å². The van der Waals surface area contributed by atoms with Gasteiger partial charge in [-0.1, -0.05) is 55.5 Å². The maximum atomic E-state index is 12.5. The Kier molecular flexibility index (Phi) is 6.44. The van der Waals surface area contributed by atoms with E-state index in [4.69, 9.17) is 14.3 Å². The lowest BCUT2D eigenvalue weighted by Gasteiger charge is -2.14. The zero-order valence-corrected chi connectivity index (χ0v) is 18.0. The van der Waals surface area contributed by atoms with Crippen LogP contribution in [0.5, 0.6) is 0 Å². The number of furan rings is 1. The standard InChI is InChI=1S/C25H24N2O6/c1-2-15(24(29)30)13-26-23(28)22-21(11-12-32-22)27-25(31)33-14-20-18-9-5-3-7-16(18)17-8-4-6-10-19(17)20/h3-12,15,20H,2,13-14H2,1H3,(H,26,28)(H,27,31)(H,29,30). The SMILES string of the molecule is CCC(CNC(=O)c1occc1NC(=O)OCC1c2ccccc2-c2ccccc21)C(=O)O. The largest absolute Gasteiger partial charge is 0.481 e. The third-order valence-corrected chi connectivity index (χ3v) is 5.80. The van der Waals surface area contributed by atoms with E-state index in [9.17, 15) is 14.4 Å². The summed E-state index contributed by atoms with van der Waals surface area (Å²) in [5.74, 6) is -2.52. The van der Waals surface area contributed by atoms with Crippen molar-refractivity contribution < 1.29 is 28.6 Å². The summed E-state index contributed by atoms with van der Waals surface area (Å²) in [6.45, 7) is 1.81. The van der Waals surface area contributed by atoms with Gasteiger partial charge in [0.2, 0.25) is 5.76 Å². The second-order valence-corrected chi connectivity index (χ2v) is 7.77. The number of carboxylic acids is 1. The molecule has 0 saturated heterocycles. The number of benzene rings is 2. The Labute approximate surface area is 190 Å². The van der Waals surface area contributed by atoms with Crippen molar-refractivity contribution in [3.8, 4) is 11.1 Å². The van der Waals surface area contributed by atoms with Gasteiger partial charge >= 0.3 is 12.1 Å². The molecule has 0 bridgehead atoms. The maximum absolute atomic E-state index is 12.5. The summed E-state index contributed by atoms with van der Waals surface area (Å²) in [4.78, 5) is 36.0. The fraction of sp³-hybridized carbons (Fsp3) is 0.240. The molecule has 2 aromatic carbocycles. The fourth-order valence-electron chi connectivity index (χ4n) is 4.03. The van der Waals surface area contributed by atoms with Crippen LogP contribution in [0, 0.1) is 5.92 Å². The molecular formula is C25H24N2O6. The van der Waals surface area contributed by atoms with Crippen LogP contribution in [0.4, 0.5) is 10.5 Å². The molecule has 33 heavy (non-hydrogen) atoms. The molecule has 2 amide bonds. The van der Waals surface area contributed by atoms with Gasteiger partial charge in [-0.3, -0.25) is 14.9 Å². The van der Waals surface area contributed by atoms with E-state index < -0.39 is 23.9 Å². The highest BCUT2D eigenvalue weighted by Crippen LogP contribution is 2.44. The molecule has 1 aliphatic carbocycles. The van der Waals surface area contributed by atoms with Crippen molar-refractivity contribution >= 4 is 23.7 Å². The Morgan fingerprint density at radius 3 is 2.27 bits per heavy atom. The van der Waals surface area contributed by atoms with E-state index in [0.717, 1.165) is 22.3 Å². The number of hydrogen-bond donors (Lipinski definition) is 3. The molecule has 1 aromatic heterocycles. The molecule has 1 aliphatic rings. The molecule has 8 heteroatoms. The number of aliphatic carboxylic acids is 1. The van der Waals surface area contributed by atoms with E-state index in [-0.39, 0.29) is 30.5 Å². The number of anilines is 1. The van der Waals surface area contributed by atoms with Crippen molar-refractivity contribution in [2.45, 2.75) is 19.3 Å². The number of nitrogens with one attached hydrogen (secondary N) is 2. The monoisotopic (exact) mass is 448 g/mol. The molecular weight excluding hydrogens is 424 g/mol. The van der Waals surface area contributed by atoms with Gasteiger partial charge in [-0.05, 0) is 28.7 Å². The van der Waals surface area contributed by atoms with Crippen molar-refractivity contribution in [2.75, 3.05) is 18.5 Å². The number of carbonyl (C=O) groups is 3. The van der Waals surface area contributed by atoms with Crippen LogP contribution in [-0.4, -0.2) is 36.2 Å². The van der Waals surface area contributed by atoms with Gasteiger partial charge in [0, 0.05) is 18.5 Å². The number of carboxylic acid groups (broad SMARTS) is 1. The topological polar surface area (TPSA) is 118 Å². The van der Waals surface area contributed by atoms with Gasteiger partial charge in [0.1, 0.15) is 6.61 Å². The van der Waals surface area contributed by atoms with Crippen molar-refractivity contribution in [2.24, 2.45) is 5.92 Å². The van der Waals surface area contributed by atoms with Gasteiger partial charge in [-0.15, -0.1) is 0 Å². The predicted octanol–water partition coefficient (Wildman–Crippen LogP) is 4.48. The van der Waals surface area contributed by atoms with E-state index in [1.807, 2.05) is 36.4 Å². The lowest BCUT2D eigenvalue weighted by atomic mass is 9.98. The Bertz CT molecular complexity index is 1140. The molecule has 1 heterocycles. The first-order valence-electron chi connectivity index (χ1n) is 10.7. The summed E-state index contributed by atoms with van der Waals surface area (Å²) >= 11 is 0. The van der Waals surface area contributed by atoms with Gasteiger partial charge in [-0.25, -0.2) is 4.79 Å². The van der Waals surface area contributed by atoms with Crippen LogP contribution in [0.15, 0.2) is 65.3 Å². The minimum Gasteiger partial charge on any atom is -0.481 e. The van der Waals surface area contributed by atoms with Crippen molar-refractivity contribution in [1.29, 1.82) is 0 Å². The number of fused-ring (bicyclic) bond motifs is 3. The smallest absolute Gasteiger partial charge is 0.411 e. The Morgan fingerprint density at radius 2 is 1.67 bits per heavy atom. The molecule has 0 aliphatic heterocycles. The van der Waals surface area contributed by atoms with E-state index in [1.165, 1.54) is 12.3 Å². The zero-order chi connectivity index (χ0) is 23.4. The van der Waals surface area contributed by atoms with E-state index >= 15 is 0 Å².